The van der Waals surface area contributed by atoms with Crippen molar-refractivity contribution in [1.82, 2.24) is 4.31 Å². The Bertz CT molecular complexity index is 729. The zero-order valence-electron chi connectivity index (χ0n) is 14.0. The largest absolute Gasteiger partial charge is 0.511 e. The van der Waals surface area contributed by atoms with Crippen molar-refractivity contribution in [3.8, 4) is 5.75 Å². The molecule has 0 aromatic heterocycles. The van der Waals surface area contributed by atoms with Crippen molar-refractivity contribution in [3.63, 3.8) is 0 Å². The molecule has 9 heteroatoms. The molecule has 0 bridgehead atoms. The predicted molar refractivity (Wildman–Crippen MR) is 85.0 cm³/mol. The van der Waals surface area contributed by atoms with Gasteiger partial charge in [0, 0.05) is 19.2 Å². The molecule has 1 heterocycles. The SMILES string of the molecule is CCOC(=O)OC1Oc2ccc(CN(C)S(=O)(=O)O)cc2C1(C)C. The summed E-state index contributed by atoms with van der Waals surface area (Å²) in [4.78, 5) is 11.5. The van der Waals surface area contributed by atoms with E-state index >= 15 is 0 Å². The van der Waals surface area contributed by atoms with E-state index in [1.807, 2.05) is 13.8 Å². The highest BCUT2D eigenvalue weighted by Crippen LogP contribution is 2.43. The van der Waals surface area contributed by atoms with E-state index in [4.69, 9.17) is 18.8 Å². The van der Waals surface area contributed by atoms with Crippen molar-refractivity contribution in [3.05, 3.63) is 29.3 Å². The van der Waals surface area contributed by atoms with Crippen LogP contribution >= 0.6 is 0 Å². The molecule has 0 amide bonds. The predicted octanol–water partition coefficient (Wildman–Crippen LogP) is 2.09. The van der Waals surface area contributed by atoms with Gasteiger partial charge in [-0.3, -0.25) is 4.55 Å². The van der Waals surface area contributed by atoms with Gasteiger partial charge in [-0.15, -0.1) is 0 Å². The minimum absolute atomic E-state index is 0.00555. The van der Waals surface area contributed by atoms with E-state index in [2.05, 4.69) is 0 Å². The molecule has 24 heavy (non-hydrogen) atoms. The van der Waals surface area contributed by atoms with E-state index in [0.717, 1.165) is 9.87 Å². The number of carbonyl (C=O) groups excluding carboxylic acids is 1. The van der Waals surface area contributed by atoms with Gasteiger partial charge in [-0.25, -0.2) is 4.79 Å². The average molecular weight is 359 g/mol. The fraction of sp³-hybridized carbons (Fsp3) is 0.533. The molecule has 0 radical (unpaired) electrons. The van der Waals surface area contributed by atoms with Gasteiger partial charge in [0.2, 0.25) is 0 Å². The van der Waals surface area contributed by atoms with Gasteiger partial charge >= 0.3 is 16.5 Å². The van der Waals surface area contributed by atoms with Crippen LogP contribution in [0.3, 0.4) is 0 Å². The number of fused-ring (bicyclic) bond motifs is 1. The molecule has 1 aliphatic heterocycles. The quantitative estimate of drug-likeness (QED) is 0.634. The smallest absolute Gasteiger partial charge is 0.453 e. The molecular formula is C15H21NO7S. The number of benzene rings is 1. The molecule has 0 aliphatic carbocycles. The molecule has 0 saturated carbocycles. The zero-order chi connectivity index (χ0) is 18.1. The third kappa shape index (κ3) is 3.80. The van der Waals surface area contributed by atoms with Crippen LogP contribution in [0.15, 0.2) is 18.2 Å². The number of ether oxygens (including phenoxy) is 3. The van der Waals surface area contributed by atoms with Crippen molar-refractivity contribution >= 4 is 16.5 Å². The summed E-state index contributed by atoms with van der Waals surface area (Å²) in [6.45, 7) is 5.57. The number of carbonyl (C=O) groups is 1. The van der Waals surface area contributed by atoms with E-state index in [1.54, 1.807) is 25.1 Å². The lowest BCUT2D eigenvalue weighted by atomic mass is 9.84. The minimum atomic E-state index is -4.26. The summed E-state index contributed by atoms with van der Waals surface area (Å²) in [6.07, 6.45) is -1.66. The van der Waals surface area contributed by atoms with E-state index < -0.39 is 28.2 Å². The van der Waals surface area contributed by atoms with Crippen LogP contribution in [0.25, 0.3) is 0 Å². The van der Waals surface area contributed by atoms with Gasteiger partial charge in [0.15, 0.2) is 0 Å². The lowest BCUT2D eigenvalue weighted by Gasteiger charge is -2.25. The topological polar surface area (TPSA) is 102 Å². The molecule has 1 aromatic carbocycles. The molecule has 0 spiro atoms. The Balaban J connectivity index is 2.21. The molecule has 1 unspecified atom stereocenters. The Kier molecular flexibility index (Phi) is 5.07. The minimum Gasteiger partial charge on any atom is -0.453 e. The molecular weight excluding hydrogens is 338 g/mol. The molecule has 8 nitrogen and oxygen atoms in total. The maximum absolute atomic E-state index is 11.5. The Morgan fingerprint density at radius 1 is 1.42 bits per heavy atom. The summed E-state index contributed by atoms with van der Waals surface area (Å²) in [5, 5.41) is 0. The van der Waals surface area contributed by atoms with Gasteiger partial charge in [-0.2, -0.15) is 12.7 Å². The molecule has 0 fully saturated rings. The van der Waals surface area contributed by atoms with Gasteiger partial charge in [-0.1, -0.05) is 6.07 Å². The summed E-state index contributed by atoms with van der Waals surface area (Å²) >= 11 is 0. The first kappa shape index (κ1) is 18.5. The first-order valence-corrected chi connectivity index (χ1v) is 8.77. The lowest BCUT2D eigenvalue weighted by Crippen LogP contribution is -2.36. The normalized spacial score (nSPS) is 18.8. The van der Waals surface area contributed by atoms with E-state index in [0.29, 0.717) is 11.3 Å². The maximum atomic E-state index is 11.5. The number of nitrogens with zero attached hydrogens (tertiary/aromatic N) is 1. The third-order valence-electron chi connectivity index (χ3n) is 3.83. The molecule has 134 valence electrons. The van der Waals surface area contributed by atoms with Crippen molar-refractivity contribution in [2.24, 2.45) is 0 Å². The van der Waals surface area contributed by atoms with Gasteiger partial charge in [0.25, 0.3) is 6.29 Å². The van der Waals surface area contributed by atoms with Crippen LogP contribution in [0, 0.1) is 0 Å². The van der Waals surface area contributed by atoms with Gasteiger partial charge in [0.1, 0.15) is 5.75 Å². The van der Waals surface area contributed by atoms with Gasteiger partial charge in [0.05, 0.1) is 12.0 Å². The average Bonchev–Trinajstić information content (AvgIpc) is 2.70. The molecule has 1 aromatic rings. The molecule has 2 rings (SSSR count). The van der Waals surface area contributed by atoms with Gasteiger partial charge in [-0.05, 0) is 38.5 Å². The molecule has 1 aliphatic rings. The summed E-state index contributed by atoms with van der Waals surface area (Å²) in [5.41, 5.74) is 0.801. The Morgan fingerprint density at radius 3 is 2.67 bits per heavy atom. The van der Waals surface area contributed by atoms with E-state index in [9.17, 15) is 13.2 Å². The summed E-state index contributed by atoms with van der Waals surface area (Å²) in [5.74, 6) is 0.549. The monoisotopic (exact) mass is 359 g/mol. The van der Waals surface area contributed by atoms with Crippen LogP contribution in [0.5, 0.6) is 5.75 Å². The van der Waals surface area contributed by atoms with Crippen LogP contribution in [0.4, 0.5) is 4.79 Å². The highest BCUT2D eigenvalue weighted by atomic mass is 32.2. The van der Waals surface area contributed by atoms with Crippen LogP contribution in [0.2, 0.25) is 0 Å². The fourth-order valence-corrected chi connectivity index (χ4v) is 2.73. The second kappa shape index (κ2) is 6.58. The number of rotatable bonds is 5. The molecule has 1 atom stereocenters. The zero-order valence-corrected chi connectivity index (χ0v) is 14.8. The second-order valence-corrected chi connectivity index (χ2v) is 7.56. The van der Waals surface area contributed by atoms with Crippen LogP contribution in [-0.4, -0.2) is 43.4 Å². The number of hydrogen-bond acceptors (Lipinski definition) is 6. The Morgan fingerprint density at radius 2 is 2.08 bits per heavy atom. The van der Waals surface area contributed by atoms with Crippen molar-refractivity contribution in [2.75, 3.05) is 13.7 Å². The summed E-state index contributed by atoms with van der Waals surface area (Å²) in [7, 11) is -2.99. The standard InChI is InChI=1S/C15H21NO7S/c1-5-21-14(17)23-13-15(2,3)11-8-10(6-7-12(11)22-13)9-16(4)24(18,19)20/h6-8,13H,5,9H2,1-4H3,(H,18,19,20). The van der Waals surface area contributed by atoms with Crippen LogP contribution < -0.4 is 4.74 Å². The van der Waals surface area contributed by atoms with Crippen molar-refractivity contribution in [2.45, 2.75) is 39.0 Å². The maximum Gasteiger partial charge on any atom is 0.511 e. The summed E-state index contributed by atoms with van der Waals surface area (Å²) < 4.78 is 47.7. The lowest BCUT2D eigenvalue weighted by molar-refractivity contribution is -0.0829. The Hall–Kier alpha value is -1.84. The molecule has 0 saturated heterocycles. The van der Waals surface area contributed by atoms with Crippen molar-refractivity contribution < 1.29 is 32.0 Å². The molecule has 1 N–H and O–H groups in total. The van der Waals surface area contributed by atoms with Crippen LogP contribution in [0.1, 0.15) is 31.9 Å². The Labute approximate surface area is 141 Å². The second-order valence-electron chi connectivity index (χ2n) is 6.04. The highest BCUT2D eigenvalue weighted by molar-refractivity contribution is 7.83. The van der Waals surface area contributed by atoms with Crippen molar-refractivity contribution in [1.29, 1.82) is 0 Å². The van der Waals surface area contributed by atoms with Crippen LogP contribution in [-0.2, 0) is 31.7 Å². The van der Waals surface area contributed by atoms with E-state index in [-0.39, 0.29) is 13.2 Å². The first-order chi connectivity index (χ1) is 11.1. The third-order valence-corrected chi connectivity index (χ3v) is 4.74. The fourth-order valence-electron chi connectivity index (χ4n) is 2.42. The highest BCUT2D eigenvalue weighted by Gasteiger charge is 2.45. The summed E-state index contributed by atoms with van der Waals surface area (Å²) in [6, 6.07) is 5.13. The first-order valence-electron chi connectivity index (χ1n) is 7.38. The van der Waals surface area contributed by atoms with E-state index in [1.165, 1.54) is 7.05 Å². The van der Waals surface area contributed by atoms with Gasteiger partial charge < -0.3 is 14.2 Å². The number of hydrogen-bond donors (Lipinski definition) is 1.